The summed E-state index contributed by atoms with van der Waals surface area (Å²) in [5, 5.41) is 1.48. The molecule has 0 saturated carbocycles. The van der Waals surface area contributed by atoms with Crippen molar-refractivity contribution in [3.8, 4) is 0 Å². The first-order valence-corrected chi connectivity index (χ1v) is 10.8. The van der Waals surface area contributed by atoms with Gasteiger partial charge in [-0.25, -0.2) is 4.39 Å². The van der Waals surface area contributed by atoms with Gasteiger partial charge in [0, 0.05) is 34.8 Å². The molecule has 33 heavy (non-hydrogen) atoms. The van der Waals surface area contributed by atoms with E-state index in [2.05, 4.69) is 4.98 Å². The second-order valence-electron chi connectivity index (χ2n) is 8.21. The van der Waals surface area contributed by atoms with Gasteiger partial charge in [0.1, 0.15) is 17.4 Å². The zero-order valence-corrected chi connectivity index (χ0v) is 17.5. The van der Waals surface area contributed by atoms with Gasteiger partial charge in [0.15, 0.2) is 11.2 Å². The van der Waals surface area contributed by atoms with Crippen molar-refractivity contribution in [3.63, 3.8) is 0 Å². The molecule has 0 spiro atoms. The van der Waals surface area contributed by atoms with Gasteiger partial charge in [-0.15, -0.1) is 0 Å². The number of hydrogen-bond acceptors (Lipinski definition) is 3. The number of fused-ring (bicyclic) bond motifs is 4. The summed E-state index contributed by atoms with van der Waals surface area (Å²) in [5.41, 5.74) is 3.24. The van der Waals surface area contributed by atoms with Crippen LogP contribution in [0, 0.1) is 5.82 Å². The van der Waals surface area contributed by atoms with E-state index >= 15 is 4.39 Å². The van der Waals surface area contributed by atoms with Gasteiger partial charge in [-0.1, -0.05) is 48.5 Å². The molecule has 1 aliphatic rings. The molecule has 1 atom stereocenters. The van der Waals surface area contributed by atoms with E-state index in [0.717, 1.165) is 22.2 Å². The number of rotatable bonds is 2. The monoisotopic (exact) mass is 438 g/mol. The number of hydrogen-bond donors (Lipinski definition) is 1. The van der Waals surface area contributed by atoms with Gasteiger partial charge < -0.3 is 14.3 Å². The molecule has 0 unspecified atom stereocenters. The third-order valence-corrected chi connectivity index (χ3v) is 6.34. The van der Waals surface area contributed by atoms with Crippen LogP contribution in [-0.4, -0.2) is 22.3 Å². The number of halogens is 1. The smallest absolute Gasteiger partial charge is 0.290 e. The molecular formula is C27H19FN2O3. The first kappa shape index (κ1) is 19.5. The van der Waals surface area contributed by atoms with Crippen molar-refractivity contribution < 1.29 is 13.6 Å². The highest BCUT2D eigenvalue weighted by atomic mass is 19.1. The molecule has 162 valence electrons. The van der Waals surface area contributed by atoms with Crippen molar-refractivity contribution in [3.05, 3.63) is 117 Å². The summed E-state index contributed by atoms with van der Waals surface area (Å²) in [5.74, 6) is -0.901. The highest BCUT2D eigenvalue weighted by Crippen LogP contribution is 2.39. The van der Waals surface area contributed by atoms with Crippen LogP contribution in [0.5, 0.6) is 0 Å². The Hall–Kier alpha value is -4.19. The Morgan fingerprint density at radius 1 is 0.970 bits per heavy atom. The number of nitrogens with zero attached hydrogens (tertiary/aromatic N) is 1. The third-order valence-electron chi connectivity index (χ3n) is 6.34. The van der Waals surface area contributed by atoms with E-state index in [1.807, 2.05) is 24.3 Å². The van der Waals surface area contributed by atoms with Crippen molar-refractivity contribution in [2.45, 2.75) is 12.5 Å². The molecule has 1 aliphatic heterocycles. The van der Waals surface area contributed by atoms with Crippen LogP contribution in [0.2, 0.25) is 0 Å². The topological polar surface area (TPSA) is 66.3 Å². The third kappa shape index (κ3) is 3.06. The predicted octanol–water partition coefficient (Wildman–Crippen LogP) is 5.20. The van der Waals surface area contributed by atoms with Crippen molar-refractivity contribution >= 4 is 27.8 Å². The van der Waals surface area contributed by atoms with Gasteiger partial charge >= 0.3 is 0 Å². The molecule has 0 radical (unpaired) electrons. The van der Waals surface area contributed by atoms with Crippen molar-refractivity contribution in [1.82, 2.24) is 9.88 Å². The normalized spacial score (nSPS) is 15.7. The Kier molecular flexibility index (Phi) is 4.40. The molecule has 2 aromatic heterocycles. The zero-order valence-electron chi connectivity index (χ0n) is 17.5. The van der Waals surface area contributed by atoms with Crippen LogP contribution in [0.1, 0.15) is 33.4 Å². The fraction of sp³-hybridized carbons (Fsp3) is 0.111. The van der Waals surface area contributed by atoms with E-state index in [4.69, 9.17) is 4.42 Å². The molecule has 0 aliphatic carbocycles. The molecule has 1 N–H and O–H groups in total. The average molecular weight is 438 g/mol. The predicted molar refractivity (Wildman–Crippen MR) is 124 cm³/mol. The summed E-state index contributed by atoms with van der Waals surface area (Å²) in [6.07, 6.45) is 0.605. The molecule has 0 fully saturated rings. The number of aromatic nitrogens is 1. The number of aromatic amines is 1. The minimum atomic E-state index is -0.674. The molecular weight excluding hydrogens is 419 g/mol. The maximum atomic E-state index is 15.0. The second kappa shape index (κ2) is 7.45. The number of benzene rings is 3. The van der Waals surface area contributed by atoms with Gasteiger partial charge in [-0.3, -0.25) is 9.59 Å². The van der Waals surface area contributed by atoms with E-state index in [1.165, 1.54) is 12.1 Å². The van der Waals surface area contributed by atoms with Crippen LogP contribution in [0.25, 0.3) is 21.9 Å². The van der Waals surface area contributed by atoms with E-state index in [9.17, 15) is 9.59 Å². The quantitative estimate of drug-likeness (QED) is 0.412. The van der Waals surface area contributed by atoms with E-state index < -0.39 is 17.8 Å². The number of nitrogens with one attached hydrogen (secondary N) is 1. The Morgan fingerprint density at radius 2 is 1.70 bits per heavy atom. The zero-order chi connectivity index (χ0) is 22.5. The van der Waals surface area contributed by atoms with Gasteiger partial charge in [0.25, 0.3) is 5.91 Å². The van der Waals surface area contributed by atoms with Crippen LogP contribution in [0.4, 0.5) is 4.39 Å². The second-order valence-corrected chi connectivity index (χ2v) is 8.21. The van der Waals surface area contributed by atoms with E-state index in [-0.39, 0.29) is 11.2 Å². The Labute approximate surface area is 188 Å². The van der Waals surface area contributed by atoms with Gasteiger partial charge in [-0.05, 0) is 36.2 Å². The van der Waals surface area contributed by atoms with Gasteiger partial charge in [-0.2, -0.15) is 0 Å². The number of amides is 1. The number of para-hydroxylation sites is 2. The van der Waals surface area contributed by atoms with E-state index in [0.29, 0.717) is 29.5 Å². The van der Waals surface area contributed by atoms with Crippen molar-refractivity contribution in [1.29, 1.82) is 0 Å². The number of H-pyrrole nitrogens is 1. The molecule has 5 aromatic rings. The molecule has 0 saturated heterocycles. The molecule has 6 heteroatoms. The van der Waals surface area contributed by atoms with Crippen LogP contribution < -0.4 is 5.43 Å². The largest absolute Gasteiger partial charge is 0.451 e. The summed E-state index contributed by atoms with van der Waals surface area (Å²) in [4.78, 5) is 31.3. The molecule has 0 bridgehead atoms. The fourth-order valence-corrected chi connectivity index (χ4v) is 4.83. The SMILES string of the molecule is O=C(c1cc(=O)c2ccccc2o1)N1CCc2c([nH]c3ccccc23)[C@@H]1c1ccccc1F. The summed E-state index contributed by atoms with van der Waals surface area (Å²) in [6, 6.07) is 21.8. The lowest BCUT2D eigenvalue weighted by molar-refractivity contribution is 0.0657. The molecule has 1 amide bonds. The summed E-state index contributed by atoms with van der Waals surface area (Å²) in [7, 11) is 0. The van der Waals surface area contributed by atoms with Crippen LogP contribution in [-0.2, 0) is 6.42 Å². The van der Waals surface area contributed by atoms with Crippen LogP contribution in [0.15, 0.2) is 88.1 Å². The van der Waals surface area contributed by atoms with Crippen molar-refractivity contribution in [2.24, 2.45) is 0 Å². The first-order valence-electron chi connectivity index (χ1n) is 10.8. The standard InChI is InChI=1S/C27H19FN2O3/c28-20-10-4-1-8-18(20)26-25-17(16-7-2-5-11-21(16)29-25)13-14-30(26)27(32)24-15-22(31)19-9-3-6-12-23(19)33-24/h1-12,15,26,29H,13-14H2/t26-/m0/s1. The summed E-state index contributed by atoms with van der Waals surface area (Å²) >= 11 is 0. The maximum absolute atomic E-state index is 15.0. The minimum Gasteiger partial charge on any atom is -0.451 e. The number of carbonyl (C=O) groups is 1. The average Bonchev–Trinajstić information content (AvgIpc) is 3.22. The Bertz CT molecular complexity index is 1600. The summed E-state index contributed by atoms with van der Waals surface area (Å²) < 4.78 is 20.8. The highest BCUT2D eigenvalue weighted by molar-refractivity contribution is 5.94. The lowest BCUT2D eigenvalue weighted by atomic mass is 9.91. The van der Waals surface area contributed by atoms with E-state index in [1.54, 1.807) is 47.4 Å². The fourth-order valence-electron chi connectivity index (χ4n) is 4.83. The van der Waals surface area contributed by atoms with Crippen molar-refractivity contribution in [2.75, 3.05) is 6.54 Å². The van der Waals surface area contributed by atoms with Crippen LogP contribution >= 0.6 is 0 Å². The molecule has 3 aromatic carbocycles. The first-order chi connectivity index (χ1) is 16.1. The summed E-state index contributed by atoms with van der Waals surface area (Å²) in [6.45, 7) is 0.364. The lowest BCUT2D eigenvalue weighted by Crippen LogP contribution is -2.41. The highest BCUT2D eigenvalue weighted by Gasteiger charge is 2.37. The number of carbonyl (C=O) groups excluding carboxylic acids is 1. The molecule has 6 rings (SSSR count). The molecule has 5 nitrogen and oxygen atoms in total. The maximum Gasteiger partial charge on any atom is 0.290 e. The minimum absolute atomic E-state index is 0.0559. The molecule has 3 heterocycles. The lowest BCUT2D eigenvalue weighted by Gasteiger charge is -2.36. The van der Waals surface area contributed by atoms with Crippen LogP contribution in [0.3, 0.4) is 0 Å². The Morgan fingerprint density at radius 3 is 2.55 bits per heavy atom. The van der Waals surface area contributed by atoms with Gasteiger partial charge in [0.05, 0.1) is 5.39 Å². The van der Waals surface area contributed by atoms with Gasteiger partial charge in [0.2, 0.25) is 0 Å². The Balaban J connectivity index is 1.53.